The lowest BCUT2D eigenvalue weighted by Gasteiger charge is -2.23. The first kappa shape index (κ1) is 27.8. The van der Waals surface area contributed by atoms with Crippen LogP contribution in [0.5, 0.6) is 5.75 Å². The molecule has 2 heterocycles. The molecule has 0 bridgehead atoms. The van der Waals surface area contributed by atoms with Crippen LogP contribution in [0.25, 0.3) is 10.6 Å². The summed E-state index contributed by atoms with van der Waals surface area (Å²) in [6.07, 6.45) is -6.10. The van der Waals surface area contributed by atoms with Gasteiger partial charge in [0.05, 0.1) is 24.5 Å². The second-order valence-electron chi connectivity index (χ2n) is 8.56. The Labute approximate surface area is 205 Å². The van der Waals surface area contributed by atoms with Crippen LogP contribution in [0, 0.1) is 0 Å². The van der Waals surface area contributed by atoms with E-state index in [9.17, 15) is 33.6 Å². The summed E-state index contributed by atoms with van der Waals surface area (Å²) in [5.41, 5.74) is 1.24. The van der Waals surface area contributed by atoms with Crippen molar-refractivity contribution in [2.24, 2.45) is 0 Å². The van der Waals surface area contributed by atoms with Gasteiger partial charge in [0, 0.05) is 30.6 Å². The number of likely N-dealkylation sites (tertiary alicyclic amines) is 1. The van der Waals surface area contributed by atoms with Crippen molar-refractivity contribution in [1.82, 2.24) is 9.88 Å². The lowest BCUT2D eigenvalue weighted by atomic mass is 10.1. The largest absolute Gasteiger partial charge is 0.573 e. The van der Waals surface area contributed by atoms with Gasteiger partial charge in [-0.1, -0.05) is 25.0 Å². The number of aliphatic hydroxyl groups is 4. The van der Waals surface area contributed by atoms with E-state index in [4.69, 9.17) is 4.74 Å². The van der Waals surface area contributed by atoms with Gasteiger partial charge >= 0.3 is 6.36 Å². The van der Waals surface area contributed by atoms with Crippen LogP contribution in [-0.2, 0) is 11.3 Å². The molecule has 196 valence electrons. The molecule has 0 spiro atoms. The van der Waals surface area contributed by atoms with Gasteiger partial charge in [-0.3, -0.25) is 4.90 Å². The first-order valence-electron chi connectivity index (χ1n) is 11.5. The third-order valence-corrected chi connectivity index (χ3v) is 6.60. The highest BCUT2D eigenvalue weighted by Gasteiger charge is 2.36. The molecule has 0 amide bonds. The summed E-state index contributed by atoms with van der Waals surface area (Å²) in [5.74, 6) is -0.290. The van der Waals surface area contributed by atoms with Crippen molar-refractivity contribution in [2.45, 2.75) is 63.1 Å². The van der Waals surface area contributed by atoms with Gasteiger partial charge in [0.15, 0.2) is 0 Å². The van der Waals surface area contributed by atoms with Gasteiger partial charge < -0.3 is 29.9 Å². The Bertz CT molecular complexity index is 899. The number of ether oxygens (including phenoxy) is 2. The standard InChI is InChI=1S/C23H31F3N2O6S/c24-23(25,26)34-17-7-5-6-15(10-17)22-27-16(14-35-22)13-33-9-4-2-1-3-8-28-11-18(29)20(31)21(32)19(30)12-28/h5-7,10,14,18-21,29-32H,1-4,8-9,11-13H2/t18-,19-,20+,21+/m0/s1. The SMILES string of the molecule is O[C@H]1[C@H](O)[C@@H](O)CN(CCCCCCOCc2csc(-c3cccc(OC(F)(F)F)c3)n2)C[C@@H]1O. The van der Waals surface area contributed by atoms with Crippen molar-refractivity contribution in [1.29, 1.82) is 0 Å². The molecular weight excluding hydrogens is 489 g/mol. The number of aliphatic hydroxyl groups excluding tert-OH is 4. The van der Waals surface area contributed by atoms with E-state index in [1.54, 1.807) is 6.07 Å². The highest BCUT2D eigenvalue weighted by molar-refractivity contribution is 7.13. The van der Waals surface area contributed by atoms with E-state index in [2.05, 4.69) is 9.72 Å². The number of aromatic nitrogens is 1. The fourth-order valence-electron chi connectivity index (χ4n) is 3.86. The van der Waals surface area contributed by atoms with E-state index in [0.29, 0.717) is 36.0 Å². The predicted molar refractivity (Wildman–Crippen MR) is 123 cm³/mol. The molecule has 8 nitrogen and oxygen atoms in total. The molecule has 1 fully saturated rings. The van der Waals surface area contributed by atoms with Crippen LogP contribution in [0.3, 0.4) is 0 Å². The minimum Gasteiger partial charge on any atom is -0.406 e. The number of benzene rings is 1. The zero-order valence-electron chi connectivity index (χ0n) is 19.1. The van der Waals surface area contributed by atoms with Crippen LogP contribution in [0.15, 0.2) is 29.6 Å². The molecule has 1 aliphatic heterocycles. The number of rotatable bonds is 11. The van der Waals surface area contributed by atoms with E-state index in [0.717, 1.165) is 25.7 Å². The molecular formula is C23H31F3N2O6S. The molecule has 3 rings (SSSR count). The topological polar surface area (TPSA) is 116 Å². The van der Waals surface area contributed by atoms with Crippen LogP contribution >= 0.6 is 11.3 Å². The van der Waals surface area contributed by atoms with E-state index >= 15 is 0 Å². The Morgan fingerprint density at radius 1 is 1.00 bits per heavy atom. The van der Waals surface area contributed by atoms with Gasteiger partial charge in [-0.25, -0.2) is 4.98 Å². The molecule has 12 heteroatoms. The van der Waals surface area contributed by atoms with Gasteiger partial charge in [-0.15, -0.1) is 24.5 Å². The van der Waals surface area contributed by atoms with Gasteiger partial charge in [0.1, 0.15) is 23.0 Å². The molecule has 35 heavy (non-hydrogen) atoms. The summed E-state index contributed by atoms with van der Waals surface area (Å²) in [5, 5.41) is 41.7. The zero-order valence-corrected chi connectivity index (χ0v) is 19.9. The maximum atomic E-state index is 12.4. The Kier molecular flexibility index (Phi) is 10.3. The molecule has 0 radical (unpaired) electrons. The zero-order chi connectivity index (χ0) is 25.4. The van der Waals surface area contributed by atoms with Crippen molar-refractivity contribution in [3.63, 3.8) is 0 Å². The lowest BCUT2D eigenvalue weighted by molar-refractivity contribution is -0.274. The second-order valence-corrected chi connectivity index (χ2v) is 9.42. The molecule has 1 aromatic carbocycles. The van der Waals surface area contributed by atoms with Crippen molar-refractivity contribution in [2.75, 3.05) is 26.2 Å². The molecule has 0 saturated carbocycles. The normalized spacial score (nSPS) is 23.9. The number of halogens is 3. The number of unbranched alkanes of at least 4 members (excludes halogenated alkanes) is 3. The minimum absolute atomic E-state index is 0.202. The number of thiazole rings is 1. The Morgan fingerprint density at radius 2 is 1.69 bits per heavy atom. The summed E-state index contributed by atoms with van der Waals surface area (Å²) >= 11 is 1.32. The van der Waals surface area contributed by atoms with E-state index in [1.165, 1.54) is 29.5 Å². The summed E-state index contributed by atoms with van der Waals surface area (Å²) < 4.78 is 46.9. The maximum absolute atomic E-state index is 12.4. The van der Waals surface area contributed by atoms with Crippen molar-refractivity contribution in [3.8, 4) is 16.3 Å². The molecule has 1 saturated heterocycles. The quantitative estimate of drug-likeness (QED) is 0.334. The second kappa shape index (κ2) is 12.9. The number of alkyl halides is 3. The summed E-state index contributed by atoms with van der Waals surface area (Å²) in [6.45, 7) is 1.90. The average Bonchev–Trinajstić information content (AvgIpc) is 3.24. The number of nitrogens with zero attached hydrogens (tertiary/aromatic N) is 2. The van der Waals surface area contributed by atoms with Crippen LogP contribution in [-0.4, -0.2) is 87.3 Å². The molecule has 4 N–H and O–H groups in total. The van der Waals surface area contributed by atoms with Gasteiger partial charge in [0.25, 0.3) is 0 Å². The first-order valence-corrected chi connectivity index (χ1v) is 12.3. The number of hydrogen-bond donors (Lipinski definition) is 4. The van der Waals surface area contributed by atoms with Crippen LogP contribution in [0.2, 0.25) is 0 Å². The minimum atomic E-state index is -4.74. The smallest absolute Gasteiger partial charge is 0.406 e. The molecule has 1 aliphatic rings. The summed E-state index contributed by atoms with van der Waals surface area (Å²) in [6, 6.07) is 5.69. The average molecular weight is 521 g/mol. The van der Waals surface area contributed by atoms with Gasteiger partial charge in [-0.2, -0.15) is 0 Å². The summed E-state index contributed by atoms with van der Waals surface area (Å²) in [7, 11) is 0. The summed E-state index contributed by atoms with van der Waals surface area (Å²) in [4.78, 5) is 6.27. The van der Waals surface area contributed by atoms with Gasteiger partial charge in [-0.05, 0) is 31.5 Å². The molecule has 4 atom stereocenters. The van der Waals surface area contributed by atoms with Crippen LogP contribution < -0.4 is 4.74 Å². The fraction of sp³-hybridized carbons (Fsp3) is 0.609. The lowest BCUT2D eigenvalue weighted by Crippen LogP contribution is -2.43. The van der Waals surface area contributed by atoms with Crippen molar-refractivity contribution in [3.05, 3.63) is 35.3 Å². The maximum Gasteiger partial charge on any atom is 0.573 e. The van der Waals surface area contributed by atoms with Crippen molar-refractivity contribution < 1.29 is 43.1 Å². The molecule has 1 aromatic heterocycles. The third-order valence-electron chi connectivity index (χ3n) is 5.66. The molecule has 0 aliphatic carbocycles. The van der Waals surface area contributed by atoms with Gasteiger partial charge in [0.2, 0.25) is 0 Å². The Balaban J connectivity index is 1.31. The highest BCUT2D eigenvalue weighted by atomic mass is 32.1. The number of β-amino-alcohol motifs (C(OH)–C–C–N with tert-alkyl or cyclic N) is 2. The molecule has 0 unspecified atom stereocenters. The molecule has 2 aromatic rings. The Hall–Kier alpha value is -1.80. The van der Waals surface area contributed by atoms with E-state index < -0.39 is 30.8 Å². The van der Waals surface area contributed by atoms with Crippen LogP contribution in [0.4, 0.5) is 13.2 Å². The van der Waals surface area contributed by atoms with E-state index in [-0.39, 0.29) is 18.8 Å². The fourth-order valence-corrected chi connectivity index (χ4v) is 4.66. The van der Waals surface area contributed by atoms with E-state index in [1.807, 2.05) is 10.3 Å². The third kappa shape index (κ3) is 8.98. The first-order chi connectivity index (χ1) is 16.6. The monoisotopic (exact) mass is 520 g/mol. The number of hydrogen-bond acceptors (Lipinski definition) is 9. The van der Waals surface area contributed by atoms with Crippen LogP contribution in [0.1, 0.15) is 31.4 Å². The highest BCUT2D eigenvalue weighted by Crippen LogP contribution is 2.30. The van der Waals surface area contributed by atoms with Crippen molar-refractivity contribution >= 4 is 11.3 Å². The predicted octanol–water partition coefficient (Wildman–Crippen LogP) is 2.54. The Morgan fingerprint density at radius 3 is 2.37 bits per heavy atom.